The Bertz CT molecular complexity index is 937. The Morgan fingerprint density at radius 3 is 2.42 bits per heavy atom. The van der Waals surface area contributed by atoms with E-state index in [-0.39, 0.29) is 17.2 Å². The van der Waals surface area contributed by atoms with Crippen LogP contribution in [0.5, 0.6) is 11.6 Å². The summed E-state index contributed by atoms with van der Waals surface area (Å²) in [5.74, 6) is -1.85. The Morgan fingerprint density at radius 1 is 1.00 bits per heavy atom. The molecule has 0 amide bonds. The molecule has 0 spiro atoms. The highest BCUT2D eigenvalue weighted by Crippen LogP contribution is 2.29. The van der Waals surface area contributed by atoms with Crippen LogP contribution in [0.3, 0.4) is 0 Å². The summed E-state index contributed by atoms with van der Waals surface area (Å²) in [6.07, 6.45) is 1.50. The third-order valence-corrected chi connectivity index (χ3v) is 3.50. The number of rotatable bonds is 3. The number of hydrogen-bond donors (Lipinski definition) is 0. The van der Waals surface area contributed by atoms with E-state index in [4.69, 9.17) is 16.3 Å². The van der Waals surface area contributed by atoms with Gasteiger partial charge in [0.2, 0.25) is 5.88 Å². The number of benzene rings is 2. The number of halogens is 3. The van der Waals surface area contributed by atoms with Crippen molar-refractivity contribution in [3.8, 4) is 28.8 Å². The topological polar surface area (TPSA) is 45.9 Å². The summed E-state index contributed by atoms with van der Waals surface area (Å²) >= 11 is 5.85. The first-order valence-electron chi connectivity index (χ1n) is 6.86. The van der Waals surface area contributed by atoms with Crippen LogP contribution < -0.4 is 4.74 Å². The molecule has 0 saturated heterocycles. The molecular formula is C18H9ClF2N2O. The van der Waals surface area contributed by atoms with E-state index in [9.17, 15) is 14.0 Å². The van der Waals surface area contributed by atoms with Crippen LogP contribution in [-0.4, -0.2) is 4.98 Å². The van der Waals surface area contributed by atoms with Crippen molar-refractivity contribution in [2.75, 3.05) is 0 Å². The zero-order valence-electron chi connectivity index (χ0n) is 12.1. The van der Waals surface area contributed by atoms with Crippen molar-refractivity contribution in [2.24, 2.45) is 0 Å². The number of nitriles is 1. The maximum Gasteiger partial charge on any atom is 0.237 e. The summed E-state index contributed by atoms with van der Waals surface area (Å²) < 4.78 is 31.9. The molecule has 0 unspecified atom stereocenters. The molecule has 118 valence electrons. The van der Waals surface area contributed by atoms with Crippen LogP contribution in [0.15, 0.2) is 54.7 Å². The highest BCUT2D eigenvalue weighted by molar-refractivity contribution is 6.30. The Balaban J connectivity index is 1.95. The normalized spacial score (nSPS) is 10.2. The molecule has 6 heteroatoms. The molecule has 0 saturated carbocycles. The zero-order chi connectivity index (χ0) is 17.1. The van der Waals surface area contributed by atoms with E-state index in [1.54, 1.807) is 30.3 Å². The van der Waals surface area contributed by atoms with Gasteiger partial charge in [-0.2, -0.15) is 5.26 Å². The highest BCUT2D eigenvalue weighted by atomic mass is 35.5. The molecule has 0 N–H and O–H groups in total. The van der Waals surface area contributed by atoms with E-state index in [0.717, 1.165) is 17.7 Å². The van der Waals surface area contributed by atoms with E-state index in [0.29, 0.717) is 16.7 Å². The van der Waals surface area contributed by atoms with Crippen LogP contribution in [0.2, 0.25) is 5.02 Å². The third kappa shape index (κ3) is 3.34. The predicted molar refractivity (Wildman–Crippen MR) is 85.8 cm³/mol. The van der Waals surface area contributed by atoms with E-state index >= 15 is 0 Å². The molecule has 1 heterocycles. The first kappa shape index (κ1) is 15.9. The van der Waals surface area contributed by atoms with Crippen molar-refractivity contribution in [1.29, 1.82) is 5.26 Å². The van der Waals surface area contributed by atoms with Gasteiger partial charge in [0.05, 0.1) is 0 Å². The number of nitrogens with zero attached hydrogens (tertiary/aromatic N) is 2. The standard InChI is InChI=1S/C18H9ClF2N2O/c19-14-3-1-11(2-4-14)13-7-12(9-22)18(23-10-13)24-17-6-5-15(20)8-16(17)21/h1-8,10H. The van der Waals surface area contributed by atoms with Gasteiger partial charge in [-0.05, 0) is 35.9 Å². The lowest BCUT2D eigenvalue weighted by molar-refractivity contribution is 0.422. The first-order chi connectivity index (χ1) is 11.6. The van der Waals surface area contributed by atoms with E-state index in [1.165, 1.54) is 6.20 Å². The van der Waals surface area contributed by atoms with Gasteiger partial charge < -0.3 is 4.74 Å². The molecule has 1 aromatic heterocycles. The molecule has 0 aliphatic carbocycles. The van der Waals surface area contributed by atoms with Crippen LogP contribution in [0, 0.1) is 23.0 Å². The second-order valence-electron chi connectivity index (χ2n) is 4.87. The van der Waals surface area contributed by atoms with Gasteiger partial charge in [0, 0.05) is 22.8 Å². The average molecular weight is 343 g/mol. The van der Waals surface area contributed by atoms with Crippen LogP contribution in [0.1, 0.15) is 5.56 Å². The average Bonchev–Trinajstić information content (AvgIpc) is 2.58. The van der Waals surface area contributed by atoms with Crippen molar-refractivity contribution in [1.82, 2.24) is 4.98 Å². The fourth-order valence-corrected chi connectivity index (χ4v) is 2.20. The SMILES string of the molecule is N#Cc1cc(-c2ccc(Cl)cc2)cnc1Oc1ccc(F)cc1F. The molecule has 0 bridgehead atoms. The predicted octanol–water partition coefficient (Wildman–Crippen LogP) is 5.34. The van der Waals surface area contributed by atoms with Crippen LogP contribution in [-0.2, 0) is 0 Å². The minimum atomic E-state index is -0.873. The van der Waals surface area contributed by atoms with Gasteiger partial charge in [0.15, 0.2) is 11.6 Å². The Kier molecular flexibility index (Phi) is 4.41. The fourth-order valence-electron chi connectivity index (χ4n) is 2.08. The van der Waals surface area contributed by atoms with Crippen molar-refractivity contribution in [2.45, 2.75) is 0 Å². The number of pyridine rings is 1. The number of ether oxygens (including phenoxy) is 1. The number of aromatic nitrogens is 1. The van der Waals surface area contributed by atoms with Gasteiger partial charge in [-0.15, -0.1) is 0 Å². The first-order valence-corrected chi connectivity index (χ1v) is 7.23. The second kappa shape index (κ2) is 6.65. The van der Waals surface area contributed by atoms with Crippen molar-refractivity contribution >= 4 is 11.6 Å². The molecule has 0 atom stereocenters. The molecule has 24 heavy (non-hydrogen) atoms. The summed E-state index contributed by atoms with van der Waals surface area (Å²) in [5, 5.41) is 9.88. The van der Waals surface area contributed by atoms with Crippen LogP contribution in [0.25, 0.3) is 11.1 Å². The Hall–Kier alpha value is -2.97. The molecule has 3 rings (SSSR count). The van der Waals surface area contributed by atoms with E-state index in [1.807, 2.05) is 6.07 Å². The molecule has 0 fully saturated rings. The molecule has 0 aliphatic rings. The Labute approximate surface area is 141 Å². The van der Waals surface area contributed by atoms with E-state index < -0.39 is 11.6 Å². The minimum Gasteiger partial charge on any atom is -0.435 e. The van der Waals surface area contributed by atoms with Crippen molar-refractivity contribution < 1.29 is 13.5 Å². The summed E-state index contributed by atoms with van der Waals surface area (Å²) in [6.45, 7) is 0. The fraction of sp³-hybridized carbons (Fsp3) is 0. The summed E-state index contributed by atoms with van der Waals surface area (Å²) in [7, 11) is 0. The van der Waals surface area contributed by atoms with Gasteiger partial charge in [-0.1, -0.05) is 23.7 Å². The maximum absolute atomic E-state index is 13.7. The lowest BCUT2D eigenvalue weighted by atomic mass is 10.1. The second-order valence-corrected chi connectivity index (χ2v) is 5.31. The summed E-state index contributed by atoms with van der Waals surface area (Å²) in [4.78, 5) is 4.07. The zero-order valence-corrected chi connectivity index (χ0v) is 12.9. The summed E-state index contributed by atoms with van der Waals surface area (Å²) in [6, 6.07) is 13.5. The quantitative estimate of drug-likeness (QED) is 0.645. The molecule has 0 aliphatic heterocycles. The van der Waals surface area contributed by atoms with Crippen molar-refractivity contribution in [3.05, 3.63) is 76.9 Å². The highest BCUT2D eigenvalue weighted by Gasteiger charge is 2.12. The van der Waals surface area contributed by atoms with Gasteiger partial charge in [0.25, 0.3) is 0 Å². The van der Waals surface area contributed by atoms with E-state index in [2.05, 4.69) is 4.98 Å². The van der Waals surface area contributed by atoms with Crippen LogP contribution in [0.4, 0.5) is 8.78 Å². The van der Waals surface area contributed by atoms with Gasteiger partial charge in [-0.25, -0.2) is 13.8 Å². The smallest absolute Gasteiger partial charge is 0.237 e. The van der Waals surface area contributed by atoms with Crippen molar-refractivity contribution in [3.63, 3.8) is 0 Å². The lowest BCUT2D eigenvalue weighted by Crippen LogP contribution is -1.95. The van der Waals surface area contributed by atoms with Gasteiger partial charge in [-0.3, -0.25) is 0 Å². The van der Waals surface area contributed by atoms with Gasteiger partial charge >= 0.3 is 0 Å². The number of hydrogen-bond acceptors (Lipinski definition) is 3. The third-order valence-electron chi connectivity index (χ3n) is 3.25. The minimum absolute atomic E-state index is 0.0549. The molecular weight excluding hydrogens is 334 g/mol. The molecule has 3 aromatic rings. The van der Waals surface area contributed by atoms with Gasteiger partial charge in [0.1, 0.15) is 17.4 Å². The molecule has 0 radical (unpaired) electrons. The summed E-state index contributed by atoms with van der Waals surface area (Å²) in [5.41, 5.74) is 1.64. The largest absolute Gasteiger partial charge is 0.435 e. The molecule has 2 aromatic carbocycles. The molecule has 3 nitrogen and oxygen atoms in total. The maximum atomic E-state index is 13.7. The Morgan fingerprint density at radius 2 is 1.75 bits per heavy atom. The monoisotopic (exact) mass is 342 g/mol. The van der Waals surface area contributed by atoms with Crippen LogP contribution >= 0.6 is 11.6 Å². The lowest BCUT2D eigenvalue weighted by Gasteiger charge is -2.09.